The molecule has 0 radical (unpaired) electrons. The van der Waals surface area contributed by atoms with E-state index in [2.05, 4.69) is 4.74 Å². The quantitative estimate of drug-likeness (QED) is 0.0951. The lowest BCUT2D eigenvalue weighted by atomic mass is 9.88. The molecule has 47 heavy (non-hydrogen) atoms. The summed E-state index contributed by atoms with van der Waals surface area (Å²) >= 11 is 0. The number of cyclic esters (lactones) is 2. The van der Waals surface area contributed by atoms with Crippen molar-refractivity contribution in [2.24, 2.45) is 0 Å². The number of aldehydes is 1. The molecule has 0 aromatic heterocycles. The van der Waals surface area contributed by atoms with E-state index in [4.69, 9.17) is 14.2 Å². The molecule has 0 saturated carbocycles. The third kappa shape index (κ3) is 5.81. The molecule has 10 nitrogen and oxygen atoms in total. The van der Waals surface area contributed by atoms with Crippen molar-refractivity contribution in [1.82, 2.24) is 0 Å². The number of carbonyl (C=O) groups is 6. The second-order valence-electron chi connectivity index (χ2n) is 11.3. The van der Waals surface area contributed by atoms with Crippen LogP contribution < -0.4 is 9.47 Å². The van der Waals surface area contributed by atoms with Crippen molar-refractivity contribution in [2.75, 3.05) is 7.11 Å². The molecular weight excluding hydrogens is 604 g/mol. The number of hydrogen-bond acceptors (Lipinski definition) is 10. The SMILES string of the molecule is COC(=O)c1cc(C(=O)Oc2c(C)cc(-c3cc(C)c(OC(=O)c4ccc5c(c4)C(=O)OC5=O)c(C)c3C)c(C)c2C)ccc1C=O. The molecule has 0 amide bonds. The van der Waals surface area contributed by atoms with Crippen LogP contribution in [0.25, 0.3) is 11.1 Å². The van der Waals surface area contributed by atoms with Gasteiger partial charge in [-0.05, 0) is 135 Å². The lowest BCUT2D eigenvalue weighted by Crippen LogP contribution is -2.14. The van der Waals surface area contributed by atoms with Gasteiger partial charge in [-0.15, -0.1) is 0 Å². The lowest BCUT2D eigenvalue weighted by molar-refractivity contribution is 0.0442. The number of rotatable bonds is 7. The maximum Gasteiger partial charge on any atom is 0.346 e. The molecule has 0 bridgehead atoms. The molecule has 4 aromatic rings. The Balaban J connectivity index is 1.44. The van der Waals surface area contributed by atoms with Gasteiger partial charge < -0.3 is 18.9 Å². The van der Waals surface area contributed by atoms with Gasteiger partial charge in [0.2, 0.25) is 0 Å². The summed E-state index contributed by atoms with van der Waals surface area (Å²) in [5, 5.41) is 0. The van der Waals surface area contributed by atoms with Crippen molar-refractivity contribution >= 4 is 36.1 Å². The Kier molecular flexibility index (Phi) is 8.62. The fraction of sp³-hybridized carbons (Fsp3) is 0.189. The van der Waals surface area contributed by atoms with E-state index < -0.39 is 29.8 Å². The second kappa shape index (κ2) is 12.5. The maximum absolute atomic E-state index is 13.2. The summed E-state index contributed by atoms with van der Waals surface area (Å²) < 4.78 is 21.0. The van der Waals surface area contributed by atoms with Gasteiger partial charge in [0.15, 0.2) is 6.29 Å². The van der Waals surface area contributed by atoms with Crippen LogP contribution in [-0.2, 0) is 9.47 Å². The average Bonchev–Trinajstić information content (AvgIpc) is 3.35. The Morgan fingerprint density at radius 3 is 1.60 bits per heavy atom. The number of fused-ring (bicyclic) bond motifs is 1. The first-order valence-corrected chi connectivity index (χ1v) is 14.5. The molecule has 5 rings (SSSR count). The number of methoxy groups -OCH3 is 1. The van der Waals surface area contributed by atoms with Crippen molar-refractivity contribution in [3.8, 4) is 22.6 Å². The number of hydrogen-bond donors (Lipinski definition) is 0. The van der Waals surface area contributed by atoms with Crippen molar-refractivity contribution in [1.29, 1.82) is 0 Å². The molecule has 238 valence electrons. The van der Waals surface area contributed by atoms with Crippen molar-refractivity contribution in [3.05, 3.63) is 115 Å². The Hall–Kier alpha value is -5.90. The summed E-state index contributed by atoms with van der Waals surface area (Å²) in [6.07, 6.45) is 0.511. The highest BCUT2D eigenvalue weighted by atomic mass is 16.6. The third-order valence-electron chi connectivity index (χ3n) is 8.43. The number of esters is 5. The van der Waals surface area contributed by atoms with Gasteiger partial charge in [0.1, 0.15) is 11.5 Å². The third-order valence-corrected chi connectivity index (χ3v) is 8.43. The van der Waals surface area contributed by atoms with E-state index >= 15 is 0 Å². The van der Waals surface area contributed by atoms with E-state index in [1.165, 1.54) is 43.5 Å². The van der Waals surface area contributed by atoms with E-state index in [-0.39, 0.29) is 33.4 Å². The monoisotopic (exact) mass is 634 g/mol. The molecule has 1 heterocycles. The first-order valence-electron chi connectivity index (χ1n) is 14.5. The molecular formula is C37H30O10. The molecule has 0 unspecified atom stereocenters. The second-order valence-corrected chi connectivity index (χ2v) is 11.3. The molecule has 10 heteroatoms. The molecule has 0 fully saturated rings. The molecule has 0 aliphatic carbocycles. The van der Waals surface area contributed by atoms with Gasteiger partial charge >= 0.3 is 29.8 Å². The van der Waals surface area contributed by atoms with Crippen LogP contribution in [0.1, 0.15) is 95.5 Å². The van der Waals surface area contributed by atoms with Gasteiger partial charge in [-0.1, -0.05) is 0 Å². The minimum atomic E-state index is -0.810. The van der Waals surface area contributed by atoms with E-state index in [1.54, 1.807) is 0 Å². The van der Waals surface area contributed by atoms with Crippen LogP contribution in [0, 0.1) is 41.5 Å². The summed E-state index contributed by atoms with van der Waals surface area (Å²) in [4.78, 5) is 73.5. The Labute approximate surface area is 270 Å². The first-order chi connectivity index (χ1) is 22.3. The Bertz CT molecular complexity index is 2070. The van der Waals surface area contributed by atoms with Crippen molar-refractivity contribution < 1.29 is 47.7 Å². The zero-order valence-corrected chi connectivity index (χ0v) is 26.8. The van der Waals surface area contributed by atoms with Crippen molar-refractivity contribution in [2.45, 2.75) is 41.5 Å². The van der Waals surface area contributed by atoms with E-state index in [0.717, 1.165) is 33.4 Å². The highest BCUT2D eigenvalue weighted by molar-refractivity contribution is 6.15. The summed E-state index contributed by atoms with van der Waals surface area (Å²) in [6, 6.07) is 11.9. The normalized spacial score (nSPS) is 11.9. The predicted molar refractivity (Wildman–Crippen MR) is 170 cm³/mol. The number of aryl methyl sites for hydroxylation is 2. The van der Waals surface area contributed by atoms with Gasteiger partial charge in [0.25, 0.3) is 0 Å². The minimum Gasteiger partial charge on any atom is -0.465 e. The van der Waals surface area contributed by atoms with Gasteiger partial charge in [0, 0.05) is 5.56 Å². The first kappa shape index (κ1) is 32.5. The molecule has 0 N–H and O–H groups in total. The Morgan fingerprint density at radius 1 is 0.596 bits per heavy atom. The van der Waals surface area contributed by atoms with Crippen LogP contribution in [0.2, 0.25) is 0 Å². The molecule has 0 atom stereocenters. The molecule has 0 saturated heterocycles. The average molecular weight is 635 g/mol. The summed E-state index contributed by atoms with van der Waals surface area (Å²) in [7, 11) is 1.18. The van der Waals surface area contributed by atoms with Crippen LogP contribution >= 0.6 is 0 Å². The van der Waals surface area contributed by atoms with Crippen LogP contribution in [-0.4, -0.2) is 43.2 Å². The van der Waals surface area contributed by atoms with Gasteiger partial charge in [-0.25, -0.2) is 24.0 Å². The standard InChI is InChI=1S/C37H30O10/c1-17-12-27(19(3)21(5)31(17)45-33(39)23-8-9-25(16-38)29(14-23)35(41)44-7)28-13-18(2)32(22(6)20(28)4)46-34(40)24-10-11-26-30(15-24)37(43)47-36(26)42/h8-16H,1-7H3. The molecule has 0 spiro atoms. The van der Waals surface area contributed by atoms with Gasteiger partial charge in [-0.3, -0.25) is 4.79 Å². The Morgan fingerprint density at radius 2 is 1.09 bits per heavy atom. The zero-order chi connectivity index (χ0) is 34.3. The van der Waals surface area contributed by atoms with E-state index in [9.17, 15) is 28.8 Å². The fourth-order valence-electron chi connectivity index (χ4n) is 5.58. The number of ether oxygens (including phenoxy) is 4. The topological polar surface area (TPSA) is 139 Å². The van der Waals surface area contributed by atoms with Crippen LogP contribution in [0.4, 0.5) is 0 Å². The zero-order valence-electron chi connectivity index (χ0n) is 26.8. The maximum atomic E-state index is 13.2. The molecule has 4 aromatic carbocycles. The van der Waals surface area contributed by atoms with Gasteiger partial charge in [0.05, 0.1) is 34.9 Å². The summed E-state index contributed by atoms with van der Waals surface area (Å²) in [6.45, 7) is 11.2. The van der Waals surface area contributed by atoms with E-state index in [1.807, 2.05) is 53.7 Å². The van der Waals surface area contributed by atoms with Gasteiger partial charge in [-0.2, -0.15) is 0 Å². The summed E-state index contributed by atoms with van der Waals surface area (Å²) in [5.74, 6) is -2.96. The van der Waals surface area contributed by atoms with Crippen LogP contribution in [0.3, 0.4) is 0 Å². The van der Waals surface area contributed by atoms with E-state index in [0.29, 0.717) is 28.9 Å². The van der Waals surface area contributed by atoms with Crippen molar-refractivity contribution in [3.63, 3.8) is 0 Å². The molecule has 1 aliphatic rings. The van der Waals surface area contributed by atoms with Crippen LogP contribution in [0.5, 0.6) is 11.5 Å². The summed E-state index contributed by atoms with van der Waals surface area (Å²) in [5.41, 5.74) is 6.69. The fourth-order valence-corrected chi connectivity index (χ4v) is 5.58. The lowest BCUT2D eigenvalue weighted by Gasteiger charge is -2.21. The minimum absolute atomic E-state index is 0.0153. The number of benzene rings is 4. The van der Waals surface area contributed by atoms with Crippen LogP contribution in [0.15, 0.2) is 48.5 Å². The largest absolute Gasteiger partial charge is 0.465 e. The predicted octanol–water partition coefficient (Wildman–Crippen LogP) is 6.55. The highest BCUT2D eigenvalue weighted by Crippen LogP contribution is 2.40. The smallest absolute Gasteiger partial charge is 0.346 e. The molecule has 1 aliphatic heterocycles. The highest BCUT2D eigenvalue weighted by Gasteiger charge is 2.31. The number of carbonyl (C=O) groups excluding carboxylic acids is 6.